The van der Waals surface area contributed by atoms with Gasteiger partial charge in [0, 0.05) is 19.1 Å². The molecule has 28 heavy (non-hydrogen) atoms. The van der Waals surface area contributed by atoms with Crippen molar-refractivity contribution < 1.29 is 24.2 Å². The van der Waals surface area contributed by atoms with E-state index in [9.17, 15) is 9.59 Å². The zero-order chi connectivity index (χ0) is 20.2. The van der Waals surface area contributed by atoms with Crippen molar-refractivity contribution >= 4 is 11.8 Å². The molecule has 0 fully saturated rings. The van der Waals surface area contributed by atoms with Gasteiger partial charge in [-0.1, -0.05) is 62.4 Å². The predicted molar refractivity (Wildman–Crippen MR) is 107 cm³/mol. The zero-order valence-corrected chi connectivity index (χ0v) is 16.8. The van der Waals surface area contributed by atoms with Crippen LogP contribution < -0.4 is 0 Å². The molecule has 0 heterocycles. The number of methoxy groups -OCH3 is 1. The Balaban J connectivity index is 1.89. The van der Waals surface area contributed by atoms with E-state index in [2.05, 4.69) is 0 Å². The van der Waals surface area contributed by atoms with Crippen molar-refractivity contribution in [2.45, 2.75) is 58.0 Å². The highest BCUT2D eigenvalue weighted by Crippen LogP contribution is 2.33. The standard InChI is InChI=1S/C23H32O5/c1-27-23(26)22-19(13-9-4-2-3-5-10-14-24)15-20(16-21(22)25)28-17-18-11-7-6-8-12-18/h6-8,11-12,16,19,22,24H,2-5,9-10,13-15,17H2,1H3. The lowest BCUT2D eigenvalue weighted by atomic mass is 9.78. The van der Waals surface area contributed by atoms with Gasteiger partial charge in [0.1, 0.15) is 18.3 Å². The Morgan fingerprint density at radius 3 is 2.43 bits per heavy atom. The van der Waals surface area contributed by atoms with Gasteiger partial charge in [0.2, 0.25) is 0 Å². The number of esters is 1. The fourth-order valence-electron chi connectivity index (χ4n) is 3.70. The molecule has 2 unspecified atom stereocenters. The zero-order valence-electron chi connectivity index (χ0n) is 16.8. The predicted octanol–water partition coefficient (Wildman–Crippen LogP) is 4.19. The SMILES string of the molecule is COC(=O)C1C(=O)C=C(OCc2ccccc2)CC1CCCCCCCCO. The molecule has 0 saturated heterocycles. The Morgan fingerprint density at radius 2 is 1.75 bits per heavy atom. The van der Waals surface area contributed by atoms with Gasteiger partial charge in [0.05, 0.1) is 7.11 Å². The number of ether oxygens (including phenoxy) is 2. The molecule has 1 N–H and O–H groups in total. The minimum atomic E-state index is -0.719. The summed E-state index contributed by atoms with van der Waals surface area (Å²) in [5, 5.41) is 8.82. The second-order valence-electron chi connectivity index (χ2n) is 7.39. The Labute approximate surface area is 167 Å². The van der Waals surface area contributed by atoms with Crippen LogP contribution in [0.3, 0.4) is 0 Å². The second kappa shape index (κ2) is 12.3. The van der Waals surface area contributed by atoms with Gasteiger partial charge in [0.15, 0.2) is 5.78 Å². The molecule has 0 amide bonds. The second-order valence-corrected chi connectivity index (χ2v) is 7.39. The topological polar surface area (TPSA) is 72.8 Å². The first-order valence-electron chi connectivity index (χ1n) is 10.3. The third kappa shape index (κ3) is 7.12. The first-order chi connectivity index (χ1) is 13.7. The number of carbonyl (C=O) groups is 2. The summed E-state index contributed by atoms with van der Waals surface area (Å²) in [4.78, 5) is 24.7. The van der Waals surface area contributed by atoms with Crippen LogP contribution in [0.15, 0.2) is 42.2 Å². The molecule has 2 atom stereocenters. The first kappa shape index (κ1) is 22.2. The van der Waals surface area contributed by atoms with Crippen molar-refractivity contribution in [1.82, 2.24) is 0 Å². The average molecular weight is 389 g/mol. The number of hydrogen-bond donors (Lipinski definition) is 1. The molecule has 0 aliphatic heterocycles. The van der Waals surface area contributed by atoms with Crippen LogP contribution in [0, 0.1) is 11.8 Å². The lowest BCUT2D eigenvalue weighted by Gasteiger charge is -2.28. The minimum absolute atomic E-state index is 0.0758. The van der Waals surface area contributed by atoms with E-state index in [1.807, 2.05) is 30.3 Å². The summed E-state index contributed by atoms with van der Waals surface area (Å²) >= 11 is 0. The number of allylic oxidation sites excluding steroid dienone is 2. The van der Waals surface area contributed by atoms with E-state index >= 15 is 0 Å². The van der Waals surface area contributed by atoms with Crippen molar-refractivity contribution in [1.29, 1.82) is 0 Å². The highest BCUT2D eigenvalue weighted by Gasteiger charge is 2.38. The molecule has 0 saturated carbocycles. The molecule has 2 rings (SSSR count). The molecule has 1 aromatic carbocycles. The summed E-state index contributed by atoms with van der Waals surface area (Å²) in [6.07, 6.45) is 9.01. The summed E-state index contributed by atoms with van der Waals surface area (Å²) in [5.41, 5.74) is 1.05. The molecule has 1 aliphatic carbocycles. The van der Waals surface area contributed by atoms with Crippen molar-refractivity contribution in [2.24, 2.45) is 11.8 Å². The molecule has 154 valence electrons. The number of ketones is 1. The number of rotatable bonds is 12. The summed E-state index contributed by atoms with van der Waals surface area (Å²) in [7, 11) is 1.33. The van der Waals surface area contributed by atoms with Gasteiger partial charge in [-0.15, -0.1) is 0 Å². The maximum atomic E-state index is 12.6. The third-order valence-electron chi connectivity index (χ3n) is 5.25. The van der Waals surface area contributed by atoms with Gasteiger partial charge >= 0.3 is 5.97 Å². The number of aliphatic hydroxyl groups excluding tert-OH is 1. The first-order valence-corrected chi connectivity index (χ1v) is 10.3. The lowest BCUT2D eigenvalue weighted by Crippen LogP contribution is -2.35. The molecule has 0 radical (unpaired) electrons. The molecular weight excluding hydrogens is 356 g/mol. The lowest BCUT2D eigenvalue weighted by molar-refractivity contribution is -0.151. The van der Waals surface area contributed by atoms with E-state index in [1.54, 1.807) is 0 Å². The molecule has 0 spiro atoms. The number of hydrogen-bond acceptors (Lipinski definition) is 5. The minimum Gasteiger partial charge on any atom is -0.493 e. The van der Waals surface area contributed by atoms with E-state index in [4.69, 9.17) is 14.6 Å². The smallest absolute Gasteiger partial charge is 0.316 e. The Kier molecular flexibility index (Phi) is 9.77. The molecular formula is C23H32O5. The van der Waals surface area contributed by atoms with Crippen LogP contribution >= 0.6 is 0 Å². The Bertz CT molecular complexity index is 638. The van der Waals surface area contributed by atoms with Gasteiger partial charge in [-0.2, -0.15) is 0 Å². The maximum absolute atomic E-state index is 12.6. The van der Waals surface area contributed by atoms with Crippen LogP contribution in [0.5, 0.6) is 0 Å². The normalized spacial score (nSPS) is 19.2. The van der Waals surface area contributed by atoms with Crippen molar-refractivity contribution in [3.8, 4) is 0 Å². The largest absolute Gasteiger partial charge is 0.493 e. The molecule has 1 aromatic rings. The van der Waals surface area contributed by atoms with Gasteiger partial charge in [-0.25, -0.2) is 0 Å². The highest BCUT2D eigenvalue weighted by atomic mass is 16.5. The van der Waals surface area contributed by atoms with Gasteiger partial charge < -0.3 is 14.6 Å². The molecule has 0 aromatic heterocycles. The van der Waals surface area contributed by atoms with Crippen LogP contribution in [0.4, 0.5) is 0 Å². The molecule has 1 aliphatic rings. The average Bonchev–Trinajstić information content (AvgIpc) is 2.71. The van der Waals surface area contributed by atoms with Crippen LogP contribution in [-0.4, -0.2) is 30.6 Å². The monoisotopic (exact) mass is 388 g/mol. The molecule has 5 heteroatoms. The van der Waals surface area contributed by atoms with Crippen molar-refractivity contribution in [3.63, 3.8) is 0 Å². The van der Waals surface area contributed by atoms with E-state index in [-0.39, 0.29) is 18.3 Å². The van der Waals surface area contributed by atoms with Crippen LogP contribution in [0.2, 0.25) is 0 Å². The van der Waals surface area contributed by atoms with Crippen LogP contribution in [-0.2, 0) is 25.7 Å². The van der Waals surface area contributed by atoms with Crippen LogP contribution in [0.25, 0.3) is 0 Å². The third-order valence-corrected chi connectivity index (χ3v) is 5.25. The quantitative estimate of drug-likeness (QED) is 0.330. The number of aliphatic hydroxyl groups is 1. The Morgan fingerprint density at radius 1 is 1.07 bits per heavy atom. The van der Waals surface area contributed by atoms with E-state index in [1.165, 1.54) is 13.2 Å². The van der Waals surface area contributed by atoms with E-state index < -0.39 is 11.9 Å². The van der Waals surface area contributed by atoms with Crippen molar-refractivity contribution in [2.75, 3.05) is 13.7 Å². The number of unbranched alkanes of at least 4 members (excludes halogenated alkanes) is 5. The maximum Gasteiger partial charge on any atom is 0.316 e. The fraction of sp³-hybridized carbons (Fsp3) is 0.565. The van der Waals surface area contributed by atoms with Gasteiger partial charge in [-0.05, 0) is 24.3 Å². The van der Waals surface area contributed by atoms with Gasteiger partial charge in [0.25, 0.3) is 0 Å². The highest BCUT2D eigenvalue weighted by molar-refractivity contribution is 6.06. The molecule has 0 bridgehead atoms. The fourth-order valence-corrected chi connectivity index (χ4v) is 3.70. The Hall–Kier alpha value is -2.14. The molecule has 5 nitrogen and oxygen atoms in total. The summed E-state index contributed by atoms with van der Waals surface area (Å²) in [6.45, 7) is 0.670. The summed E-state index contributed by atoms with van der Waals surface area (Å²) in [5.74, 6) is -0.802. The van der Waals surface area contributed by atoms with E-state index in [0.717, 1.165) is 50.5 Å². The van der Waals surface area contributed by atoms with Crippen molar-refractivity contribution in [3.05, 3.63) is 47.7 Å². The summed E-state index contributed by atoms with van der Waals surface area (Å²) in [6, 6.07) is 9.83. The van der Waals surface area contributed by atoms with Crippen LogP contribution in [0.1, 0.15) is 56.9 Å². The van der Waals surface area contributed by atoms with Gasteiger partial charge in [-0.3, -0.25) is 9.59 Å². The summed E-state index contributed by atoms with van der Waals surface area (Å²) < 4.78 is 10.7. The number of carbonyl (C=O) groups excluding carboxylic acids is 2. The number of benzene rings is 1. The van der Waals surface area contributed by atoms with E-state index in [0.29, 0.717) is 18.8 Å².